The van der Waals surface area contributed by atoms with Crippen LogP contribution in [0.4, 0.5) is 0 Å². The standard InChI is InChI=1S/C21H31N3OS/c25-21(18-4-1-3-17(15-18)19-5-2-8-22-16-19)24-9-6-20(7-10-24)23-11-13-26-14-12-23/h1,3-4,15,19-20,22H,2,5-14,16H2. The van der Waals surface area contributed by atoms with Crippen LogP contribution in [0, 0.1) is 0 Å². The van der Waals surface area contributed by atoms with Crippen molar-refractivity contribution in [3.8, 4) is 0 Å². The van der Waals surface area contributed by atoms with Crippen molar-refractivity contribution in [1.29, 1.82) is 0 Å². The molecule has 0 aromatic heterocycles. The molecule has 3 saturated heterocycles. The molecule has 0 spiro atoms. The fourth-order valence-corrected chi connectivity index (χ4v) is 5.55. The molecular weight excluding hydrogens is 342 g/mol. The van der Waals surface area contributed by atoms with E-state index in [0.717, 1.165) is 44.6 Å². The largest absolute Gasteiger partial charge is 0.339 e. The zero-order valence-corrected chi connectivity index (χ0v) is 16.5. The molecular formula is C21H31N3OS. The molecule has 5 heteroatoms. The number of piperidine rings is 2. The molecule has 1 aromatic carbocycles. The topological polar surface area (TPSA) is 35.6 Å². The highest BCUT2D eigenvalue weighted by molar-refractivity contribution is 7.99. The number of likely N-dealkylation sites (tertiary alicyclic amines) is 1. The summed E-state index contributed by atoms with van der Waals surface area (Å²) in [4.78, 5) is 17.7. The van der Waals surface area contributed by atoms with E-state index in [4.69, 9.17) is 0 Å². The second-order valence-electron chi connectivity index (χ2n) is 7.84. The van der Waals surface area contributed by atoms with Crippen LogP contribution in [0.2, 0.25) is 0 Å². The Balaban J connectivity index is 1.36. The second-order valence-corrected chi connectivity index (χ2v) is 9.07. The molecule has 1 amide bonds. The fraction of sp³-hybridized carbons (Fsp3) is 0.667. The van der Waals surface area contributed by atoms with Gasteiger partial charge in [0.25, 0.3) is 5.91 Å². The minimum absolute atomic E-state index is 0.225. The second kappa shape index (κ2) is 8.77. The van der Waals surface area contributed by atoms with Gasteiger partial charge in [0.05, 0.1) is 0 Å². The Kier molecular flexibility index (Phi) is 6.18. The summed E-state index contributed by atoms with van der Waals surface area (Å²) in [6.07, 6.45) is 4.71. The summed E-state index contributed by atoms with van der Waals surface area (Å²) in [5.74, 6) is 3.31. The van der Waals surface area contributed by atoms with E-state index in [2.05, 4.69) is 45.1 Å². The van der Waals surface area contributed by atoms with E-state index in [-0.39, 0.29) is 5.91 Å². The summed E-state index contributed by atoms with van der Waals surface area (Å²) in [7, 11) is 0. The van der Waals surface area contributed by atoms with Crippen molar-refractivity contribution in [3.05, 3.63) is 35.4 Å². The summed E-state index contributed by atoms with van der Waals surface area (Å²) in [6, 6.07) is 9.08. The SMILES string of the molecule is O=C(c1cccc(C2CCCNC2)c1)N1CCC(N2CCSCC2)CC1. The molecule has 3 aliphatic rings. The molecule has 3 aliphatic heterocycles. The van der Waals surface area contributed by atoms with Gasteiger partial charge in [-0.2, -0.15) is 11.8 Å². The highest BCUT2D eigenvalue weighted by Gasteiger charge is 2.28. The van der Waals surface area contributed by atoms with Gasteiger partial charge in [-0.3, -0.25) is 9.69 Å². The van der Waals surface area contributed by atoms with E-state index in [1.165, 1.54) is 43.0 Å². The summed E-state index contributed by atoms with van der Waals surface area (Å²) in [5, 5.41) is 3.48. The molecule has 0 bridgehead atoms. The lowest BCUT2D eigenvalue weighted by Gasteiger charge is -2.40. The van der Waals surface area contributed by atoms with Crippen molar-refractivity contribution in [2.24, 2.45) is 0 Å². The lowest BCUT2D eigenvalue weighted by molar-refractivity contribution is 0.0631. The van der Waals surface area contributed by atoms with Crippen LogP contribution < -0.4 is 5.32 Å². The molecule has 0 saturated carbocycles. The molecule has 1 unspecified atom stereocenters. The third kappa shape index (κ3) is 4.26. The van der Waals surface area contributed by atoms with Crippen molar-refractivity contribution < 1.29 is 4.79 Å². The molecule has 0 aliphatic carbocycles. The molecule has 1 N–H and O–H groups in total. The number of carbonyl (C=O) groups excluding carboxylic acids is 1. The molecule has 0 radical (unpaired) electrons. The van der Waals surface area contributed by atoms with Crippen molar-refractivity contribution in [2.45, 2.75) is 37.6 Å². The van der Waals surface area contributed by atoms with Gasteiger partial charge >= 0.3 is 0 Å². The van der Waals surface area contributed by atoms with E-state index in [1.54, 1.807) is 0 Å². The van der Waals surface area contributed by atoms with Gasteiger partial charge in [-0.05, 0) is 55.8 Å². The zero-order chi connectivity index (χ0) is 17.8. The number of hydrogen-bond donors (Lipinski definition) is 1. The van der Waals surface area contributed by atoms with Gasteiger partial charge in [0, 0.05) is 55.8 Å². The number of nitrogens with zero attached hydrogens (tertiary/aromatic N) is 2. The molecule has 4 rings (SSSR count). The van der Waals surface area contributed by atoms with Crippen LogP contribution in [0.3, 0.4) is 0 Å². The van der Waals surface area contributed by atoms with E-state index >= 15 is 0 Å². The van der Waals surface area contributed by atoms with Gasteiger partial charge in [-0.15, -0.1) is 0 Å². The van der Waals surface area contributed by atoms with E-state index in [0.29, 0.717) is 12.0 Å². The summed E-state index contributed by atoms with van der Waals surface area (Å²) >= 11 is 2.07. The van der Waals surface area contributed by atoms with Crippen LogP contribution in [0.15, 0.2) is 24.3 Å². The number of amides is 1. The minimum Gasteiger partial charge on any atom is -0.339 e. The Morgan fingerprint density at radius 3 is 2.62 bits per heavy atom. The maximum absolute atomic E-state index is 13.0. The van der Waals surface area contributed by atoms with Gasteiger partial charge in [0.2, 0.25) is 0 Å². The average molecular weight is 374 g/mol. The Morgan fingerprint density at radius 1 is 1.08 bits per heavy atom. The number of nitrogens with one attached hydrogen (secondary N) is 1. The van der Waals surface area contributed by atoms with Gasteiger partial charge in [0.15, 0.2) is 0 Å². The first kappa shape index (κ1) is 18.3. The molecule has 26 heavy (non-hydrogen) atoms. The number of thioether (sulfide) groups is 1. The smallest absolute Gasteiger partial charge is 0.253 e. The van der Waals surface area contributed by atoms with Crippen molar-refractivity contribution >= 4 is 17.7 Å². The maximum atomic E-state index is 13.0. The number of rotatable bonds is 3. The predicted molar refractivity (Wildman–Crippen MR) is 109 cm³/mol. The lowest BCUT2D eigenvalue weighted by Crippen LogP contribution is -2.49. The van der Waals surface area contributed by atoms with Crippen LogP contribution in [-0.4, -0.2) is 72.5 Å². The molecule has 1 aromatic rings. The molecule has 3 heterocycles. The first-order valence-electron chi connectivity index (χ1n) is 10.2. The highest BCUT2D eigenvalue weighted by Crippen LogP contribution is 2.25. The molecule has 1 atom stereocenters. The summed E-state index contributed by atoms with van der Waals surface area (Å²) < 4.78 is 0. The van der Waals surface area contributed by atoms with Gasteiger partial charge in [0.1, 0.15) is 0 Å². The Bertz CT molecular complexity index is 603. The van der Waals surface area contributed by atoms with E-state index < -0.39 is 0 Å². The van der Waals surface area contributed by atoms with Gasteiger partial charge < -0.3 is 10.2 Å². The summed E-state index contributed by atoms with van der Waals surface area (Å²) in [6.45, 7) is 6.42. The third-order valence-electron chi connectivity index (χ3n) is 6.22. The Labute approximate surface area is 161 Å². The van der Waals surface area contributed by atoms with Crippen molar-refractivity contribution in [2.75, 3.05) is 50.8 Å². The molecule has 3 fully saturated rings. The molecule has 142 valence electrons. The minimum atomic E-state index is 0.225. The van der Waals surface area contributed by atoms with Crippen molar-refractivity contribution in [3.63, 3.8) is 0 Å². The maximum Gasteiger partial charge on any atom is 0.253 e. The van der Waals surface area contributed by atoms with Gasteiger partial charge in [-0.1, -0.05) is 12.1 Å². The normalized spacial score (nSPS) is 26.0. The first-order chi connectivity index (χ1) is 12.8. The first-order valence-corrected chi connectivity index (χ1v) is 11.4. The fourth-order valence-electron chi connectivity index (χ4n) is 4.62. The van der Waals surface area contributed by atoms with Crippen LogP contribution in [0.1, 0.15) is 47.5 Å². The summed E-state index contributed by atoms with van der Waals surface area (Å²) in [5.41, 5.74) is 2.20. The van der Waals surface area contributed by atoms with Crippen LogP contribution in [0.25, 0.3) is 0 Å². The number of carbonyl (C=O) groups is 1. The van der Waals surface area contributed by atoms with Gasteiger partial charge in [-0.25, -0.2) is 0 Å². The van der Waals surface area contributed by atoms with Crippen LogP contribution in [-0.2, 0) is 0 Å². The lowest BCUT2D eigenvalue weighted by atomic mass is 9.90. The Morgan fingerprint density at radius 2 is 1.88 bits per heavy atom. The van der Waals surface area contributed by atoms with Crippen LogP contribution in [0.5, 0.6) is 0 Å². The quantitative estimate of drug-likeness (QED) is 0.884. The highest BCUT2D eigenvalue weighted by atomic mass is 32.2. The monoisotopic (exact) mass is 373 g/mol. The number of benzene rings is 1. The Hall–Kier alpha value is -1.04. The number of hydrogen-bond acceptors (Lipinski definition) is 4. The zero-order valence-electron chi connectivity index (χ0n) is 15.7. The van der Waals surface area contributed by atoms with E-state index in [9.17, 15) is 4.79 Å². The van der Waals surface area contributed by atoms with Crippen LogP contribution >= 0.6 is 11.8 Å². The molecule has 4 nitrogen and oxygen atoms in total. The van der Waals surface area contributed by atoms with E-state index in [1.807, 2.05) is 6.07 Å². The third-order valence-corrected chi connectivity index (χ3v) is 7.16. The van der Waals surface area contributed by atoms with Crippen molar-refractivity contribution in [1.82, 2.24) is 15.1 Å². The average Bonchev–Trinajstić information content (AvgIpc) is 2.75. The predicted octanol–water partition coefficient (Wildman–Crippen LogP) is 2.81.